The van der Waals surface area contributed by atoms with Crippen LogP contribution in [0.15, 0.2) is 22.8 Å². The normalized spacial score (nSPS) is 15.4. The summed E-state index contributed by atoms with van der Waals surface area (Å²) < 4.78 is 0.952. The number of pyridine rings is 1. The monoisotopic (exact) mass is 366 g/mol. The van der Waals surface area contributed by atoms with E-state index in [0.29, 0.717) is 22.5 Å². The van der Waals surface area contributed by atoms with E-state index in [4.69, 9.17) is 16.6 Å². The second-order valence-corrected chi connectivity index (χ2v) is 6.36. The molecule has 0 bridgehead atoms. The Morgan fingerprint density at radius 1 is 1.29 bits per heavy atom. The van der Waals surface area contributed by atoms with Crippen molar-refractivity contribution in [3.8, 4) is 11.5 Å². The molecule has 2 aromatic heterocycles. The van der Waals surface area contributed by atoms with Crippen LogP contribution in [0.3, 0.4) is 0 Å². The Balaban J connectivity index is 2.13. The first-order chi connectivity index (χ1) is 10.2. The molecule has 0 radical (unpaired) electrons. The van der Waals surface area contributed by atoms with Crippen LogP contribution in [0.1, 0.15) is 37.3 Å². The Bertz CT molecular complexity index is 656. The summed E-state index contributed by atoms with van der Waals surface area (Å²) in [4.78, 5) is 13.6. The summed E-state index contributed by atoms with van der Waals surface area (Å²) in [6.07, 6.45) is 6.58. The lowest BCUT2D eigenvalue weighted by molar-refractivity contribution is 0.691. The van der Waals surface area contributed by atoms with E-state index in [-0.39, 0.29) is 0 Å². The second kappa shape index (κ2) is 6.28. The zero-order valence-corrected chi connectivity index (χ0v) is 14.1. The molecule has 0 unspecified atom stereocenters. The maximum Gasteiger partial charge on any atom is 0.182 e. The predicted molar refractivity (Wildman–Crippen MR) is 88.7 cm³/mol. The van der Waals surface area contributed by atoms with Crippen molar-refractivity contribution in [2.45, 2.75) is 31.6 Å². The molecule has 0 saturated heterocycles. The van der Waals surface area contributed by atoms with Gasteiger partial charge in [0.2, 0.25) is 0 Å². The van der Waals surface area contributed by atoms with Crippen LogP contribution in [0.25, 0.3) is 11.5 Å². The van der Waals surface area contributed by atoms with E-state index in [1.165, 1.54) is 25.7 Å². The fourth-order valence-electron chi connectivity index (χ4n) is 2.76. The standard InChI is InChI=1S/C15H16BrClN4/c1-18-14-11(16)12(9-5-2-3-6-9)20-15(21-14)13-10(17)7-4-8-19-13/h4,7-9H,2-3,5-6H2,1H3,(H,18,20,21). The molecule has 1 aliphatic rings. The molecule has 0 spiro atoms. The molecule has 1 fully saturated rings. The highest BCUT2D eigenvalue weighted by Crippen LogP contribution is 2.39. The van der Waals surface area contributed by atoms with Crippen LogP contribution in [0.5, 0.6) is 0 Å². The number of halogens is 2. The Hall–Kier alpha value is -1.20. The third-order valence-electron chi connectivity index (χ3n) is 3.83. The van der Waals surface area contributed by atoms with Crippen LogP contribution in [0.4, 0.5) is 5.82 Å². The number of nitrogens with one attached hydrogen (secondary N) is 1. The first kappa shape index (κ1) is 14.7. The number of rotatable bonds is 3. The SMILES string of the molecule is CNc1nc(-c2ncccc2Cl)nc(C2CCCC2)c1Br. The van der Waals surface area contributed by atoms with Gasteiger partial charge in [0.05, 0.1) is 15.2 Å². The van der Waals surface area contributed by atoms with E-state index in [9.17, 15) is 0 Å². The fraction of sp³-hybridized carbons (Fsp3) is 0.400. The van der Waals surface area contributed by atoms with E-state index in [1.807, 2.05) is 19.2 Å². The lowest BCUT2D eigenvalue weighted by Gasteiger charge is -2.15. The van der Waals surface area contributed by atoms with Gasteiger partial charge in [-0.05, 0) is 40.9 Å². The molecular weight excluding hydrogens is 352 g/mol. The first-order valence-electron chi connectivity index (χ1n) is 7.06. The topological polar surface area (TPSA) is 50.7 Å². The molecule has 21 heavy (non-hydrogen) atoms. The van der Waals surface area contributed by atoms with Crippen molar-refractivity contribution in [3.05, 3.63) is 33.5 Å². The van der Waals surface area contributed by atoms with Gasteiger partial charge in [0.15, 0.2) is 5.82 Å². The van der Waals surface area contributed by atoms with E-state index in [1.54, 1.807) is 6.20 Å². The fourth-order valence-corrected chi connectivity index (χ4v) is 3.66. The van der Waals surface area contributed by atoms with Crippen LogP contribution in [-0.4, -0.2) is 22.0 Å². The number of aromatic nitrogens is 3. The summed E-state index contributed by atoms with van der Waals surface area (Å²) in [6, 6.07) is 3.62. The molecule has 110 valence electrons. The van der Waals surface area contributed by atoms with Crippen molar-refractivity contribution in [3.63, 3.8) is 0 Å². The number of hydrogen-bond acceptors (Lipinski definition) is 4. The highest BCUT2D eigenvalue weighted by molar-refractivity contribution is 9.10. The van der Waals surface area contributed by atoms with Crippen molar-refractivity contribution in [1.82, 2.24) is 15.0 Å². The highest BCUT2D eigenvalue weighted by Gasteiger charge is 2.24. The van der Waals surface area contributed by atoms with Crippen molar-refractivity contribution in [2.75, 3.05) is 12.4 Å². The number of nitrogens with zero attached hydrogens (tertiary/aromatic N) is 3. The van der Waals surface area contributed by atoms with Crippen molar-refractivity contribution in [1.29, 1.82) is 0 Å². The van der Waals surface area contributed by atoms with Crippen molar-refractivity contribution in [2.24, 2.45) is 0 Å². The molecule has 0 amide bonds. The molecule has 1 aliphatic carbocycles. The van der Waals surface area contributed by atoms with Crippen LogP contribution in [-0.2, 0) is 0 Å². The van der Waals surface area contributed by atoms with Crippen molar-refractivity contribution >= 4 is 33.3 Å². The Morgan fingerprint density at radius 3 is 2.71 bits per heavy atom. The van der Waals surface area contributed by atoms with E-state index >= 15 is 0 Å². The van der Waals surface area contributed by atoms with E-state index in [2.05, 4.69) is 31.2 Å². The smallest absolute Gasteiger partial charge is 0.182 e. The molecule has 2 heterocycles. The van der Waals surface area contributed by atoms with Gasteiger partial charge in [-0.3, -0.25) is 4.98 Å². The largest absolute Gasteiger partial charge is 0.372 e. The summed E-state index contributed by atoms with van der Waals surface area (Å²) in [5.41, 5.74) is 1.69. The van der Waals surface area contributed by atoms with Gasteiger partial charge in [0, 0.05) is 19.2 Å². The third-order valence-corrected chi connectivity index (χ3v) is 4.91. The zero-order chi connectivity index (χ0) is 14.8. The highest BCUT2D eigenvalue weighted by atomic mass is 79.9. The van der Waals surface area contributed by atoms with Crippen LogP contribution in [0.2, 0.25) is 5.02 Å². The van der Waals surface area contributed by atoms with Gasteiger partial charge in [-0.15, -0.1) is 0 Å². The minimum atomic E-state index is 0.482. The van der Waals surface area contributed by atoms with Gasteiger partial charge >= 0.3 is 0 Å². The van der Waals surface area contributed by atoms with Crippen LogP contribution < -0.4 is 5.32 Å². The molecular formula is C15H16BrClN4. The summed E-state index contributed by atoms with van der Waals surface area (Å²) >= 11 is 9.87. The molecule has 2 aromatic rings. The Morgan fingerprint density at radius 2 is 2.05 bits per heavy atom. The minimum Gasteiger partial charge on any atom is -0.372 e. The molecule has 4 nitrogen and oxygen atoms in total. The van der Waals surface area contributed by atoms with E-state index in [0.717, 1.165) is 16.0 Å². The van der Waals surface area contributed by atoms with E-state index < -0.39 is 0 Å². The Kier molecular flexibility index (Phi) is 4.40. The van der Waals surface area contributed by atoms with Gasteiger partial charge < -0.3 is 5.32 Å². The molecule has 0 aliphatic heterocycles. The number of anilines is 1. The maximum atomic E-state index is 6.23. The average Bonchev–Trinajstić information content (AvgIpc) is 3.02. The van der Waals surface area contributed by atoms with Gasteiger partial charge in [0.1, 0.15) is 11.5 Å². The lowest BCUT2D eigenvalue weighted by atomic mass is 10.0. The molecule has 0 atom stereocenters. The summed E-state index contributed by atoms with van der Waals surface area (Å²) in [6.45, 7) is 0. The summed E-state index contributed by atoms with van der Waals surface area (Å²) in [7, 11) is 1.86. The lowest BCUT2D eigenvalue weighted by Crippen LogP contribution is -2.06. The van der Waals surface area contributed by atoms with Gasteiger partial charge in [0.25, 0.3) is 0 Å². The van der Waals surface area contributed by atoms with Gasteiger partial charge in [-0.1, -0.05) is 24.4 Å². The summed E-state index contributed by atoms with van der Waals surface area (Å²) in [5.74, 6) is 1.84. The van der Waals surface area contributed by atoms with Gasteiger partial charge in [-0.2, -0.15) is 0 Å². The number of hydrogen-bond donors (Lipinski definition) is 1. The summed E-state index contributed by atoms with van der Waals surface area (Å²) in [5, 5.41) is 3.69. The Labute approximate surface area is 137 Å². The molecule has 1 saturated carbocycles. The molecule has 6 heteroatoms. The molecule has 0 aromatic carbocycles. The zero-order valence-electron chi connectivity index (χ0n) is 11.7. The minimum absolute atomic E-state index is 0.482. The van der Waals surface area contributed by atoms with Gasteiger partial charge in [-0.25, -0.2) is 9.97 Å². The molecule has 1 N–H and O–H groups in total. The second-order valence-electron chi connectivity index (χ2n) is 5.16. The van der Waals surface area contributed by atoms with Crippen LogP contribution >= 0.6 is 27.5 Å². The molecule has 3 rings (SSSR count). The quantitative estimate of drug-likeness (QED) is 0.857. The predicted octanol–water partition coefficient (Wildman–Crippen LogP) is 4.65. The average molecular weight is 368 g/mol. The first-order valence-corrected chi connectivity index (χ1v) is 8.24. The van der Waals surface area contributed by atoms with Crippen molar-refractivity contribution < 1.29 is 0 Å². The third kappa shape index (κ3) is 2.90. The maximum absolute atomic E-state index is 6.23. The van der Waals surface area contributed by atoms with Crippen LogP contribution in [0, 0.1) is 0 Å².